The molecular weight excluding hydrogens is 350 g/mol. The summed E-state index contributed by atoms with van der Waals surface area (Å²) < 4.78 is 7.62. The largest absolute Gasteiger partial charge is 0.494 e. The van der Waals surface area contributed by atoms with E-state index in [1.165, 1.54) is 0 Å². The summed E-state index contributed by atoms with van der Waals surface area (Å²) in [5.41, 5.74) is 5.23. The van der Waals surface area contributed by atoms with Gasteiger partial charge in [-0.3, -0.25) is 4.79 Å². The Balaban J connectivity index is 1.47. The van der Waals surface area contributed by atoms with Crippen molar-refractivity contribution in [3.05, 3.63) is 77.1 Å². The standard InChI is InChI=1S/C23H27N3O2/c1-17-9-7-12-21(15-17)28-14-8-13-23(27)24-16-22-18(2)25-26(19(22)3)20-10-5-4-6-11-20/h4-7,9-12,15H,8,13-14,16H2,1-3H3,(H,24,27). The van der Waals surface area contributed by atoms with Gasteiger partial charge in [-0.05, 0) is 57.0 Å². The van der Waals surface area contributed by atoms with Gasteiger partial charge in [-0.2, -0.15) is 5.10 Å². The highest BCUT2D eigenvalue weighted by molar-refractivity contribution is 5.75. The Bertz CT molecular complexity index is 932. The maximum atomic E-state index is 12.2. The summed E-state index contributed by atoms with van der Waals surface area (Å²) in [5.74, 6) is 0.874. The van der Waals surface area contributed by atoms with Crippen molar-refractivity contribution in [2.24, 2.45) is 0 Å². The fraction of sp³-hybridized carbons (Fsp3) is 0.304. The van der Waals surface area contributed by atoms with Gasteiger partial charge in [0, 0.05) is 24.2 Å². The first-order chi connectivity index (χ1) is 13.5. The monoisotopic (exact) mass is 377 g/mol. The van der Waals surface area contributed by atoms with Crippen LogP contribution in [-0.2, 0) is 11.3 Å². The number of rotatable bonds is 8. The molecule has 0 atom stereocenters. The van der Waals surface area contributed by atoms with Crippen molar-refractivity contribution in [2.45, 2.75) is 40.2 Å². The average molecular weight is 377 g/mol. The van der Waals surface area contributed by atoms with Crippen LogP contribution in [-0.4, -0.2) is 22.3 Å². The number of hydrogen-bond donors (Lipinski definition) is 1. The SMILES string of the molecule is Cc1cccc(OCCCC(=O)NCc2c(C)nn(-c3ccccc3)c2C)c1. The molecule has 0 spiro atoms. The van der Waals surface area contributed by atoms with E-state index in [1.807, 2.05) is 80.1 Å². The molecule has 5 nitrogen and oxygen atoms in total. The van der Waals surface area contributed by atoms with Gasteiger partial charge in [-0.25, -0.2) is 4.68 Å². The smallest absolute Gasteiger partial charge is 0.220 e. The van der Waals surface area contributed by atoms with Gasteiger partial charge in [0.25, 0.3) is 0 Å². The van der Waals surface area contributed by atoms with Gasteiger partial charge >= 0.3 is 0 Å². The topological polar surface area (TPSA) is 56.1 Å². The number of carbonyl (C=O) groups excluding carboxylic acids is 1. The molecule has 2 aromatic carbocycles. The molecule has 1 aromatic heterocycles. The summed E-state index contributed by atoms with van der Waals surface area (Å²) >= 11 is 0. The number of nitrogens with one attached hydrogen (secondary N) is 1. The maximum Gasteiger partial charge on any atom is 0.220 e. The first-order valence-electron chi connectivity index (χ1n) is 9.61. The molecule has 0 radical (unpaired) electrons. The van der Waals surface area contributed by atoms with E-state index in [0.717, 1.165) is 34.0 Å². The van der Waals surface area contributed by atoms with Gasteiger partial charge in [0.2, 0.25) is 5.91 Å². The minimum Gasteiger partial charge on any atom is -0.494 e. The van der Waals surface area contributed by atoms with E-state index in [-0.39, 0.29) is 5.91 Å². The molecule has 0 aliphatic heterocycles. The molecule has 1 amide bonds. The van der Waals surface area contributed by atoms with E-state index >= 15 is 0 Å². The lowest BCUT2D eigenvalue weighted by atomic mass is 10.2. The molecule has 1 heterocycles. The molecule has 0 saturated carbocycles. The minimum absolute atomic E-state index is 0.0269. The second-order valence-electron chi connectivity index (χ2n) is 6.94. The van der Waals surface area contributed by atoms with Crippen LogP contribution in [0.1, 0.15) is 35.4 Å². The van der Waals surface area contributed by atoms with Gasteiger partial charge in [0.05, 0.1) is 18.0 Å². The second-order valence-corrected chi connectivity index (χ2v) is 6.94. The molecule has 0 unspecified atom stereocenters. The van der Waals surface area contributed by atoms with Crippen molar-refractivity contribution in [1.82, 2.24) is 15.1 Å². The van der Waals surface area contributed by atoms with E-state index in [0.29, 0.717) is 26.0 Å². The number of amides is 1. The number of hydrogen-bond acceptors (Lipinski definition) is 3. The lowest BCUT2D eigenvalue weighted by Gasteiger charge is -2.08. The molecule has 0 aliphatic rings. The van der Waals surface area contributed by atoms with Gasteiger partial charge in [0.1, 0.15) is 5.75 Å². The van der Waals surface area contributed by atoms with Crippen molar-refractivity contribution in [1.29, 1.82) is 0 Å². The van der Waals surface area contributed by atoms with Crippen LogP contribution in [0.25, 0.3) is 5.69 Å². The molecule has 3 rings (SSSR count). The zero-order valence-corrected chi connectivity index (χ0v) is 16.7. The van der Waals surface area contributed by atoms with Crippen LogP contribution in [0.2, 0.25) is 0 Å². The highest BCUT2D eigenvalue weighted by Gasteiger charge is 2.13. The average Bonchev–Trinajstić information content (AvgIpc) is 2.98. The fourth-order valence-electron chi connectivity index (χ4n) is 3.15. The Morgan fingerprint density at radius 1 is 1.07 bits per heavy atom. The van der Waals surface area contributed by atoms with Crippen LogP contribution >= 0.6 is 0 Å². The maximum absolute atomic E-state index is 12.2. The number of para-hydroxylation sites is 1. The predicted molar refractivity (Wildman–Crippen MR) is 111 cm³/mol. The van der Waals surface area contributed by atoms with E-state index in [9.17, 15) is 4.79 Å². The molecule has 0 saturated heterocycles. The zero-order chi connectivity index (χ0) is 19.9. The molecule has 146 valence electrons. The molecule has 0 fully saturated rings. The van der Waals surface area contributed by atoms with E-state index in [2.05, 4.69) is 10.4 Å². The van der Waals surface area contributed by atoms with Gasteiger partial charge < -0.3 is 10.1 Å². The Morgan fingerprint density at radius 3 is 2.61 bits per heavy atom. The first kappa shape index (κ1) is 19.7. The van der Waals surface area contributed by atoms with E-state index in [1.54, 1.807) is 0 Å². The Morgan fingerprint density at radius 2 is 1.86 bits per heavy atom. The van der Waals surface area contributed by atoms with E-state index < -0.39 is 0 Å². The van der Waals surface area contributed by atoms with Crippen molar-refractivity contribution < 1.29 is 9.53 Å². The van der Waals surface area contributed by atoms with Crippen LogP contribution < -0.4 is 10.1 Å². The quantitative estimate of drug-likeness (QED) is 0.596. The number of carbonyl (C=O) groups is 1. The third-order valence-corrected chi connectivity index (χ3v) is 4.71. The van der Waals surface area contributed by atoms with Crippen molar-refractivity contribution in [3.63, 3.8) is 0 Å². The van der Waals surface area contributed by atoms with Gasteiger partial charge in [-0.1, -0.05) is 30.3 Å². The number of aryl methyl sites for hydroxylation is 2. The van der Waals surface area contributed by atoms with Gasteiger partial charge in [0.15, 0.2) is 0 Å². The summed E-state index contributed by atoms with van der Waals surface area (Å²) in [6, 6.07) is 17.9. The van der Waals surface area contributed by atoms with Crippen molar-refractivity contribution in [2.75, 3.05) is 6.61 Å². The van der Waals surface area contributed by atoms with Crippen LogP contribution in [0, 0.1) is 20.8 Å². The Hall–Kier alpha value is -3.08. The highest BCUT2D eigenvalue weighted by atomic mass is 16.5. The van der Waals surface area contributed by atoms with Crippen LogP contribution in [0.4, 0.5) is 0 Å². The van der Waals surface area contributed by atoms with Crippen LogP contribution in [0.3, 0.4) is 0 Å². The van der Waals surface area contributed by atoms with Crippen molar-refractivity contribution >= 4 is 5.91 Å². The first-order valence-corrected chi connectivity index (χ1v) is 9.61. The number of benzene rings is 2. The summed E-state index contributed by atoms with van der Waals surface area (Å²) in [6.45, 7) is 7.06. The molecule has 0 bridgehead atoms. The zero-order valence-electron chi connectivity index (χ0n) is 16.7. The summed E-state index contributed by atoms with van der Waals surface area (Å²) in [4.78, 5) is 12.2. The Labute approximate surface area is 166 Å². The lowest BCUT2D eigenvalue weighted by molar-refractivity contribution is -0.121. The fourth-order valence-corrected chi connectivity index (χ4v) is 3.15. The predicted octanol–water partition coefficient (Wildman–Crippen LogP) is 4.27. The number of ether oxygens (including phenoxy) is 1. The normalized spacial score (nSPS) is 10.7. The molecule has 3 aromatic rings. The molecule has 28 heavy (non-hydrogen) atoms. The molecule has 1 N–H and O–H groups in total. The lowest BCUT2D eigenvalue weighted by Crippen LogP contribution is -2.23. The summed E-state index contributed by atoms with van der Waals surface area (Å²) in [7, 11) is 0. The number of aromatic nitrogens is 2. The van der Waals surface area contributed by atoms with E-state index in [4.69, 9.17) is 4.74 Å². The molecular formula is C23H27N3O2. The third kappa shape index (κ3) is 5.00. The minimum atomic E-state index is 0.0269. The molecule has 0 aliphatic carbocycles. The van der Waals surface area contributed by atoms with Crippen LogP contribution in [0.5, 0.6) is 5.75 Å². The summed E-state index contributed by atoms with van der Waals surface area (Å²) in [5, 5.41) is 7.63. The molecule has 5 heteroatoms. The number of nitrogens with zero attached hydrogens (tertiary/aromatic N) is 2. The summed E-state index contributed by atoms with van der Waals surface area (Å²) in [6.07, 6.45) is 1.12. The van der Waals surface area contributed by atoms with Crippen molar-refractivity contribution in [3.8, 4) is 11.4 Å². The second kappa shape index (κ2) is 9.22. The highest BCUT2D eigenvalue weighted by Crippen LogP contribution is 2.18. The van der Waals surface area contributed by atoms with Gasteiger partial charge in [-0.15, -0.1) is 0 Å². The Kier molecular flexibility index (Phi) is 6.48. The van der Waals surface area contributed by atoms with Crippen LogP contribution in [0.15, 0.2) is 54.6 Å². The third-order valence-electron chi connectivity index (χ3n) is 4.71.